The fourth-order valence-corrected chi connectivity index (χ4v) is 5.30. The first-order valence-electron chi connectivity index (χ1n) is 9.97. The molecule has 0 aliphatic carbocycles. The maximum Gasteiger partial charge on any atom is 0.272 e. The zero-order valence-electron chi connectivity index (χ0n) is 17.8. The Morgan fingerprint density at radius 3 is 2.65 bits per heavy atom. The Morgan fingerprint density at radius 2 is 1.87 bits per heavy atom. The summed E-state index contributed by atoms with van der Waals surface area (Å²) < 4.78 is 13.2. The molecule has 0 saturated carbocycles. The van der Waals surface area contributed by atoms with Gasteiger partial charge in [-0.3, -0.25) is 9.36 Å². The molecule has 160 valence electrons. The predicted octanol–water partition coefficient (Wildman–Crippen LogP) is 5.32. The summed E-state index contributed by atoms with van der Waals surface area (Å²) in [4.78, 5) is 18.0. The highest BCUT2D eigenvalue weighted by molar-refractivity contribution is 7.98. The molecule has 2 aromatic heterocycles. The third kappa shape index (κ3) is 4.62. The number of nitrogens with zero attached hydrogens (tertiary/aromatic N) is 2. The second-order valence-electron chi connectivity index (χ2n) is 7.14. The van der Waals surface area contributed by atoms with E-state index in [0.717, 1.165) is 22.0 Å². The third-order valence-electron chi connectivity index (χ3n) is 5.22. The topological polar surface area (TPSA) is 53.4 Å². The molecule has 0 aliphatic rings. The molecule has 4 aromatic rings. The van der Waals surface area contributed by atoms with Crippen LogP contribution in [0.5, 0.6) is 11.5 Å². The van der Waals surface area contributed by atoms with E-state index < -0.39 is 0 Å². The first-order chi connectivity index (χ1) is 15.1. The van der Waals surface area contributed by atoms with Gasteiger partial charge < -0.3 is 9.47 Å². The van der Waals surface area contributed by atoms with E-state index in [0.29, 0.717) is 29.2 Å². The molecule has 0 atom stereocenters. The zero-order chi connectivity index (χ0) is 21.8. The van der Waals surface area contributed by atoms with Crippen LogP contribution in [0.3, 0.4) is 0 Å². The fourth-order valence-electron chi connectivity index (χ4n) is 3.42. The molecule has 31 heavy (non-hydrogen) atoms. The summed E-state index contributed by atoms with van der Waals surface area (Å²) in [6, 6.07) is 16.1. The van der Waals surface area contributed by atoms with Gasteiger partial charge in [-0.1, -0.05) is 42.1 Å². The van der Waals surface area contributed by atoms with Crippen LogP contribution in [0.1, 0.15) is 16.7 Å². The molecule has 0 N–H and O–H groups in total. The predicted molar refractivity (Wildman–Crippen MR) is 128 cm³/mol. The number of fused-ring (bicyclic) bond motifs is 1. The van der Waals surface area contributed by atoms with Crippen LogP contribution in [-0.2, 0) is 18.7 Å². The molecule has 0 unspecified atom stereocenters. The largest absolute Gasteiger partial charge is 0.493 e. The molecule has 0 saturated heterocycles. The van der Waals surface area contributed by atoms with E-state index in [1.165, 1.54) is 22.5 Å². The van der Waals surface area contributed by atoms with Gasteiger partial charge in [0.1, 0.15) is 4.70 Å². The van der Waals surface area contributed by atoms with Crippen molar-refractivity contribution in [3.8, 4) is 11.5 Å². The number of hydrogen-bond acceptors (Lipinski definition) is 6. The minimum Gasteiger partial charge on any atom is -0.493 e. The number of methoxy groups -OCH3 is 2. The van der Waals surface area contributed by atoms with E-state index in [-0.39, 0.29) is 5.56 Å². The zero-order valence-corrected chi connectivity index (χ0v) is 19.4. The molecule has 0 fully saturated rings. The average molecular weight is 453 g/mol. The Bertz CT molecular complexity index is 1260. The lowest BCUT2D eigenvalue weighted by Gasteiger charge is -2.14. The van der Waals surface area contributed by atoms with Gasteiger partial charge in [-0.2, -0.15) is 0 Å². The molecule has 2 heterocycles. The van der Waals surface area contributed by atoms with Crippen LogP contribution in [0, 0.1) is 6.92 Å². The van der Waals surface area contributed by atoms with Gasteiger partial charge in [-0.25, -0.2) is 4.98 Å². The molecule has 0 spiro atoms. The molecule has 0 amide bonds. The number of ether oxygens (including phenoxy) is 2. The van der Waals surface area contributed by atoms with E-state index in [1.54, 1.807) is 30.5 Å². The second kappa shape index (κ2) is 9.58. The van der Waals surface area contributed by atoms with E-state index >= 15 is 0 Å². The van der Waals surface area contributed by atoms with Crippen molar-refractivity contribution in [3.63, 3.8) is 0 Å². The van der Waals surface area contributed by atoms with Crippen LogP contribution < -0.4 is 15.0 Å². The number of thiophene rings is 1. The molecule has 0 radical (unpaired) electrons. The molecule has 2 aromatic carbocycles. The third-order valence-corrected chi connectivity index (χ3v) is 7.14. The minimum absolute atomic E-state index is 0.0211. The van der Waals surface area contributed by atoms with Crippen molar-refractivity contribution in [2.24, 2.45) is 0 Å². The highest BCUT2D eigenvalue weighted by atomic mass is 32.2. The monoisotopic (exact) mass is 452 g/mol. The van der Waals surface area contributed by atoms with Crippen LogP contribution in [0.4, 0.5) is 0 Å². The van der Waals surface area contributed by atoms with E-state index in [1.807, 2.05) is 41.8 Å². The van der Waals surface area contributed by atoms with Gasteiger partial charge in [0.15, 0.2) is 16.7 Å². The van der Waals surface area contributed by atoms with E-state index in [2.05, 4.69) is 19.1 Å². The van der Waals surface area contributed by atoms with Crippen molar-refractivity contribution in [2.45, 2.75) is 30.8 Å². The van der Waals surface area contributed by atoms with Crippen molar-refractivity contribution < 1.29 is 9.47 Å². The van der Waals surface area contributed by atoms with Crippen LogP contribution in [0.25, 0.3) is 10.2 Å². The van der Waals surface area contributed by atoms with Gasteiger partial charge in [-0.05, 0) is 53.6 Å². The highest BCUT2D eigenvalue weighted by Crippen LogP contribution is 2.29. The molecule has 7 heteroatoms. The summed E-state index contributed by atoms with van der Waals surface area (Å²) in [6.45, 7) is 2.65. The van der Waals surface area contributed by atoms with Crippen molar-refractivity contribution in [1.82, 2.24) is 9.55 Å². The maximum atomic E-state index is 13.2. The first kappa shape index (κ1) is 21.5. The van der Waals surface area contributed by atoms with Crippen LogP contribution in [-0.4, -0.2) is 23.8 Å². The average Bonchev–Trinajstić information content (AvgIpc) is 3.27. The Kier molecular flexibility index (Phi) is 6.63. The number of benzene rings is 2. The molecule has 5 nitrogen and oxygen atoms in total. The fraction of sp³-hybridized carbons (Fsp3) is 0.250. The molecule has 0 bridgehead atoms. The van der Waals surface area contributed by atoms with Crippen LogP contribution >= 0.6 is 23.1 Å². The van der Waals surface area contributed by atoms with Gasteiger partial charge in [0.05, 0.1) is 19.7 Å². The smallest absolute Gasteiger partial charge is 0.272 e. The summed E-state index contributed by atoms with van der Waals surface area (Å²) >= 11 is 3.05. The number of aromatic nitrogens is 2. The lowest BCUT2D eigenvalue weighted by atomic mass is 10.1. The standard InChI is InChI=1S/C24H24N2O3S2/c1-16-6-4-5-7-18(16)15-31-24-25-19-11-13-30-22(19)23(27)26(24)12-10-17-8-9-20(28-2)21(14-17)29-3/h4-9,11,13-14H,10,12,15H2,1-3H3. The van der Waals surface area contributed by atoms with E-state index in [9.17, 15) is 4.79 Å². The second-order valence-corrected chi connectivity index (χ2v) is 9.00. The van der Waals surface area contributed by atoms with Crippen molar-refractivity contribution >= 4 is 33.3 Å². The SMILES string of the molecule is COc1ccc(CCn2c(SCc3ccccc3C)nc3ccsc3c2=O)cc1OC. The number of thioether (sulfide) groups is 1. The van der Waals surface area contributed by atoms with Gasteiger partial charge >= 0.3 is 0 Å². The number of hydrogen-bond donors (Lipinski definition) is 0. The lowest BCUT2D eigenvalue weighted by Crippen LogP contribution is -2.23. The maximum absolute atomic E-state index is 13.2. The molecular weight excluding hydrogens is 428 g/mol. The minimum atomic E-state index is 0.0211. The molecular formula is C24H24N2O3S2. The van der Waals surface area contributed by atoms with Gasteiger partial charge in [0, 0.05) is 12.3 Å². The number of aryl methyl sites for hydroxylation is 2. The summed E-state index contributed by atoms with van der Waals surface area (Å²) in [7, 11) is 3.25. The Morgan fingerprint density at radius 1 is 1.06 bits per heavy atom. The van der Waals surface area contributed by atoms with Crippen molar-refractivity contribution in [2.75, 3.05) is 14.2 Å². The Balaban J connectivity index is 1.63. The molecule has 4 rings (SSSR count). The Hall–Kier alpha value is -2.77. The van der Waals surface area contributed by atoms with E-state index in [4.69, 9.17) is 14.5 Å². The quantitative estimate of drug-likeness (QED) is 0.268. The summed E-state index contributed by atoms with van der Waals surface area (Å²) in [5.74, 6) is 2.15. The normalized spacial score (nSPS) is 11.1. The number of rotatable bonds is 8. The summed E-state index contributed by atoms with van der Waals surface area (Å²) in [5, 5.41) is 2.67. The highest BCUT2D eigenvalue weighted by Gasteiger charge is 2.14. The lowest BCUT2D eigenvalue weighted by molar-refractivity contribution is 0.354. The first-order valence-corrected chi connectivity index (χ1v) is 11.8. The van der Waals surface area contributed by atoms with Gasteiger partial charge in [0.2, 0.25) is 0 Å². The molecule has 0 aliphatic heterocycles. The van der Waals surface area contributed by atoms with Gasteiger partial charge in [-0.15, -0.1) is 11.3 Å². The van der Waals surface area contributed by atoms with Crippen molar-refractivity contribution in [1.29, 1.82) is 0 Å². The summed E-state index contributed by atoms with van der Waals surface area (Å²) in [5.41, 5.74) is 4.35. The van der Waals surface area contributed by atoms with Crippen molar-refractivity contribution in [3.05, 3.63) is 81.0 Å². The van der Waals surface area contributed by atoms with Crippen LogP contribution in [0.2, 0.25) is 0 Å². The summed E-state index contributed by atoms with van der Waals surface area (Å²) in [6.07, 6.45) is 0.691. The van der Waals surface area contributed by atoms with Gasteiger partial charge in [0.25, 0.3) is 5.56 Å². The Labute approximate surface area is 189 Å². The van der Waals surface area contributed by atoms with Crippen LogP contribution in [0.15, 0.2) is 63.9 Å².